The van der Waals surface area contributed by atoms with Gasteiger partial charge in [-0.25, -0.2) is 0 Å². The predicted octanol–water partition coefficient (Wildman–Crippen LogP) is 0.941. The van der Waals surface area contributed by atoms with Gasteiger partial charge in [-0.15, -0.1) is 0 Å². The van der Waals surface area contributed by atoms with Crippen molar-refractivity contribution in [2.45, 2.75) is 13.3 Å². The van der Waals surface area contributed by atoms with Crippen molar-refractivity contribution in [1.82, 2.24) is 0 Å². The highest BCUT2D eigenvalue weighted by Crippen LogP contribution is 2.26. The quantitative estimate of drug-likeness (QED) is 0.455. The van der Waals surface area contributed by atoms with Gasteiger partial charge in [-0.1, -0.05) is 12.2 Å². The van der Waals surface area contributed by atoms with Crippen LogP contribution >= 0.6 is 0 Å². The van der Waals surface area contributed by atoms with Crippen molar-refractivity contribution in [3.63, 3.8) is 0 Å². The maximum Gasteiger partial charge on any atom is 0.313 e. The van der Waals surface area contributed by atoms with Crippen LogP contribution in [0.4, 0.5) is 0 Å². The summed E-state index contributed by atoms with van der Waals surface area (Å²) in [6.45, 7) is 1.51. The number of allylic oxidation sites excluding steroid dienone is 1. The molecule has 0 amide bonds. The van der Waals surface area contributed by atoms with Crippen LogP contribution in [-0.2, 0) is 14.3 Å². The lowest BCUT2D eigenvalue weighted by atomic mass is 9.92. The third-order valence-corrected chi connectivity index (χ3v) is 2.16. The van der Waals surface area contributed by atoms with Crippen molar-refractivity contribution in [3.8, 4) is 0 Å². The first-order valence-corrected chi connectivity index (χ1v) is 3.91. The smallest absolute Gasteiger partial charge is 0.313 e. The number of Topliss-reactive ketones (excluding diaryl/α,β-unsaturated/α-hetero) is 1. The molecule has 0 fully saturated rings. The average molecular weight is 168 g/mol. The summed E-state index contributed by atoms with van der Waals surface area (Å²) in [6, 6.07) is 0. The minimum Gasteiger partial charge on any atom is -0.469 e. The molecule has 0 heterocycles. The van der Waals surface area contributed by atoms with Crippen molar-refractivity contribution in [1.29, 1.82) is 0 Å². The molecule has 0 bridgehead atoms. The Morgan fingerprint density at radius 1 is 1.50 bits per heavy atom. The Morgan fingerprint density at radius 3 is 2.67 bits per heavy atom. The van der Waals surface area contributed by atoms with E-state index >= 15 is 0 Å². The molecule has 2 atom stereocenters. The van der Waals surface area contributed by atoms with E-state index in [9.17, 15) is 9.59 Å². The molecule has 0 aromatic carbocycles. The molecular weight excluding hydrogens is 156 g/mol. The summed E-state index contributed by atoms with van der Waals surface area (Å²) in [4.78, 5) is 22.1. The molecule has 12 heavy (non-hydrogen) atoms. The minimum absolute atomic E-state index is 0.0513. The SMILES string of the molecule is COC(=O)[C@H]1C=CCC1C(C)=O. The Balaban J connectivity index is 2.69. The van der Waals surface area contributed by atoms with Crippen LogP contribution in [0.3, 0.4) is 0 Å². The number of carbonyl (C=O) groups is 2. The zero-order valence-electron chi connectivity index (χ0n) is 7.24. The van der Waals surface area contributed by atoms with Gasteiger partial charge in [0, 0.05) is 5.92 Å². The lowest BCUT2D eigenvalue weighted by molar-refractivity contribution is -0.147. The molecule has 66 valence electrons. The molecule has 0 aromatic rings. The van der Waals surface area contributed by atoms with E-state index in [1.165, 1.54) is 14.0 Å². The third-order valence-electron chi connectivity index (χ3n) is 2.16. The molecule has 0 spiro atoms. The average Bonchev–Trinajstić information content (AvgIpc) is 2.50. The number of ketones is 1. The van der Waals surface area contributed by atoms with E-state index in [4.69, 9.17) is 0 Å². The summed E-state index contributed by atoms with van der Waals surface area (Å²) in [7, 11) is 1.34. The second-order valence-corrected chi connectivity index (χ2v) is 2.93. The summed E-state index contributed by atoms with van der Waals surface area (Å²) in [6.07, 6.45) is 4.26. The topological polar surface area (TPSA) is 43.4 Å². The van der Waals surface area contributed by atoms with Crippen LogP contribution in [0.15, 0.2) is 12.2 Å². The first kappa shape index (κ1) is 8.97. The van der Waals surface area contributed by atoms with Gasteiger partial charge in [0.05, 0.1) is 13.0 Å². The first-order valence-electron chi connectivity index (χ1n) is 3.91. The van der Waals surface area contributed by atoms with Crippen LogP contribution in [-0.4, -0.2) is 18.9 Å². The molecule has 0 radical (unpaired) electrons. The highest BCUT2D eigenvalue weighted by atomic mass is 16.5. The molecule has 0 aliphatic heterocycles. The van der Waals surface area contributed by atoms with E-state index in [1.54, 1.807) is 6.08 Å². The molecule has 0 N–H and O–H groups in total. The molecule has 3 nitrogen and oxygen atoms in total. The molecule has 3 heteroatoms. The van der Waals surface area contributed by atoms with Gasteiger partial charge in [0.1, 0.15) is 5.78 Å². The monoisotopic (exact) mass is 168 g/mol. The number of esters is 1. The van der Waals surface area contributed by atoms with E-state index < -0.39 is 0 Å². The van der Waals surface area contributed by atoms with Gasteiger partial charge < -0.3 is 4.74 Å². The van der Waals surface area contributed by atoms with Gasteiger partial charge in [0.25, 0.3) is 0 Å². The highest BCUT2D eigenvalue weighted by molar-refractivity contribution is 5.87. The maximum atomic E-state index is 11.1. The third kappa shape index (κ3) is 1.55. The highest BCUT2D eigenvalue weighted by Gasteiger charge is 2.32. The lowest BCUT2D eigenvalue weighted by Crippen LogP contribution is -2.24. The Labute approximate surface area is 71.4 Å². The second-order valence-electron chi connectivity index (χ2n) is 2.93. The fourth-order valence-electron chi connectivity index (χ4n) is 1.45. The van der Waals surface area contributed by atoms with Crippen LogP contribution < -0.4 is 0 Å². The molecule has 1 unspecified atom stereocenters. The maximum absolute atomic E-state index is 11.1. The van der Waals surface area contributed by atoms with E-state index in [2.05, 4.69) is 4.74 Å². The van der Waals surface area contributed by atoms with Gasteiger partial charge in [-0.3, -0.25) is 9.59 Å². The summed E-state index contributed by atoms with van der Waals surface area (Å²) >= 11 is 0. The molecule has 0 aromatic heterocycles. The Kier molecular flexibility index (Phi) is 2.63. The first-order chi connectivity index (χ1) is 5.66. The van der Waals surface area contributed by atoms with Crippen LogP contribution in [0, 0.1) is 11.8 Å². The standard InChI is InChI=1S/C9H12O3/c1-6(10)7-4-3-5-8(7)9(11)12-2/h3,5,7-8H,4H2,1-2H3/t7?,8-/m0/s1. The van der Waals surface area contributed by atoms with Crippen molar-refractivity contribution >= 4 is 11.8 Å². The number of rotatable bonds is 2. The molecule has 0 saturated carbocycles. The zero-order valence-corrected chi connectivity index (χ0v) is 7.24. The molecular formula is C9H12O3. The predicted molar refractivity (Wildman–Crippen MR) is 43.4 cm³/mol. The van der Waals surface area contributed by atoms with Gasteiger partial charge >= 0.3 is 5.97 Å². The van der Waals surface area contributed by atoms with Crippen molar-refractivity contribution in [3.05, 3.63) is 12.2 Å². The molecule has 1 aliphatic rings. The van der Waals surface area contributed by atoms with Crippen LogP contribution in [0.25, 0.3) is 0 Å². The Hall–Kier alpha value is -1.12. The van der Waals surface area contributed by atoms with Crippen LogP contribution in [0.1, 0.15) is 13.3 Å². The minimum atomic E-state index is -0.354. The van der Waals surface area contributed by atoms with E-state index in [0.717, 1.165) is 0 Å². The van der Waals surface area contributed by atoms with E-state index in [0.29, 0.717) is 6.42 Å². The van der Waals surface area contributed by atoms with Crippen molar-refractivity contribution in [2.24, 2.45) is 11.8 Å². The Bertz CT molecular complexity index is 230. The number of hydrogen-bond donors (Lipinski definition) is 0. The van der Waals surface area contributed by atoms with Gasteiger partial charge in [-0.2, -0.15) is 0 Å². The largest absolute Gasteiger partial charge is 0.469 e. The van der Waals surface area contributed by atoms with E-state index in [1.807, 2.05) is 6.08 Å². The van der Waals surface area contributed by atoms with Gasteiger partial charge in [0.15, 0.2) is 0 Å². The summed E-state index contributed by atoms with van der Waals surface area (Å²) in [5.41, 5.74) is 0. The summed E-state index contributed by atoms with van der Waals surface area (Å²) < 4.78 is 4.57. The number of carbonyl (C=O) groups excluding carboxylic acids is 2. The second kappa shape index (κ2) is 3.52. The fraction of sp³-hybridized carbons (Fsp3) is 0.556. The molecule has 1 rings (SSSR count). The summed E-state index contributed by atoms with van der Waals surface area (Å²) in [5, 5.41) is 0. The van der Waals surface area contributed by atoms with Crippen molar-refractivity contribution in [2.75, 3.05) is 7.11 Å². The van der Waals surface area contributed by atoms with Crippen LogP contribution in [0.2, 0.25) is 0 Å². The number of ether oxygens (including phenoxy) is 1. The molecule has 1 aliphatic carbocycles. The number of methoxy groups -OCH3 is 1. The van der Waals surface area contributed by atoms with Crippen molar-refractivity contribution < 1.29 is 14.3 Å². The van der Waals surface area contributed by atoms with Crippen LogP contribution in [0.5, 0.6) is 0 Å². The van der Waals surface area contributed by atoms with E-state index in [-0.39, 0.29) is 23.6 Å². The van der Waals surface area contributed by atoms with Gasteiger partial charge in [0.2, 0.25) is 0 Å². The molecule has 0 saturated heterocycles. The fourth-order valence-corrected chi connectivity index (χ4v) is 1.45. The Morgan fingerprint density at radius 2 is 2.17 bits per heavy atom. The normalized spacial score (nSPS) is 27.2. The zero-order chi connectivity index (χ0) is 9.14. The number of hydrogen-bond acceptors (Lipinski definition) is 3. The summed E-state index contributed by atoms with van der Waals surface area (Å²) in [5.74, 6) is -0.815. The lowest BCUT2D eigenvalue weighted by Gasteiger charge is -2.13. The van der Waals surface area contributed by atoms with Gasteiger partial charge in [-0.05, 0) is 13.3 Å².